The Balaban J connectivity index is 0.00000128. The molecule has 0 unspecified atom stereocenters. The van der Waals surface area contributed by atoms with Gasteiger partial charge in [0.05, 0.1) is 34.7 Å². The third kappa shape index (κ3) is 3.97. The molecule has 2 aliphatic heterocycles. The molecular formula is C21H26Cl2N4O2S. The summed E-state index contributed by atoms with van der Waals surface area (Å²) < 4.78 is 8.26. The Morgan fingerprint density at radius 2 is 2.07 bits per heavy atom. The van der Waals surface area contributed by atoms with E-state index >= 15 is 0 Å². The number of aryl methyl sites for hydroxylation is 1. The topological polar surface area (TPSA) is 68.2 Å². The van der Waals surface area contributed by atoms with Crippen LogP contribution in [0.3, 0.4) is 0 Å². The third-order valence-corrected chi connectivity index (χ3v) is 7.12. The smallest absolute Gasteiger partial charge is 0.261 e. The van der Waals surface area contributed by atoms with E-state index in [0.717, 1.165) is 60.7 Å². The average molecular weight is 469 g/mol. The van der Waals surface area contributed by atoms with Crippen molar-refractivity contribution in [1.82, 2.24) is 20.2 Å². The summed E-state index contributed by atoms with van der Waals surface area (Å²) in [7, 11) is 1.98. The summed E-state index contributed by atoms with van der Waals surface area (Å²) in [5.41, 5.74) is 3.05. The second-order valence-corrected chi connectivity index (χ2v) is 8.69. The lowest BCUT2D eigenvalue weighted by Gasteiger charge is -2.40. The van der Waals surface area contributed by atoms with Gasteiger partial charge in [0.1, 0.15) is 5.82 Å². The minimum absolute atomic E-state index is 0. The summed E-state index contributed by atoms with van der Waals surface area (Å²) >= 11 is 1.62. The maximum absolute atomic E-state index is 12.8. The van der Waals surface area contributed by atoms with E-state index in [1.54, 1.807) is 11.3 Å². The molecule has 1 spiro atoms. The van der Waals surface area contributed by atoms with Gasteiger partial charge in [-0.3, -0.25) is 4.79 Å². The molecule has 0 aliphatic carbocycles. The average Bonchev–Trinajstić information content (AvgIpc) is 3.30. The van der Waals surface area contributed by atoms with Crippen molar-refractivity contribution >= 4 is 53.1 Å². The normalized spacial score (nSPS) is 17.1. The maximum Gasteiger partial charge on any atom is 0.261 e. The fraction of sp³-hybridized carbons (Fsp3) is 0.429. The van der Waals surface area contributed by atoms with Gasteiger partial charge in [0.15, 0.2) is 0 Å². The molecule has 1 fully saturated rings. The number of hydrogen-bond acceptors (Lipinski definition) is 5. The quantitative estimate of drug-likeness (QED) is 0.616. The molecule has 0 saturated carbocycles. The number of hydrogen-bond donors (Lipinski definition) is 2. The van der Waals surface area contributed by atoms with Crippen molar-refractivity contribution in [2.75, 3.05) is 19.7 Å². The summed E-state index contributed by atoms with van der Waals surface area (Å²) in [5, 5.41) is 6.46. The Morgan fingerprint density at radius 1 is 1.30 bits per heavy atom. The van der Waals surface area contributed by atoms with Gasteiger partial charge in [-0.15, -0.1) is 36.2 Å². The number of benzene rings is 1. The van der Waals surface area contributed by atoms with Crippen molar-refractivity contribution in [2.45, 2.75) is 31.4 Å². The van der Waals surface area contributed by atoms with Crippen molar-refractivity contribution < 1.29 is 9.53 Å². The van der Waals surface area contributed by atoms with Crippen LogP contribution in [-0.2, 0) is 30.4 Å². The van der Waals surface area contributed by atoms with Crippen LogP contribution in [0.1, 0.15) is 38.8 Å². The van der Waals surface area contributed by atoms with Gasteiger partial charge in [0, 0.05) is 18.3 Å². The number of amides is 1. The van der Waals surface area contributed by atoms with Gasteiger partial charge in [0.25, 0.3) is 5.91 Å². The van der Waals surface area contributed by atoms with E-state index in [9.17, 15) is 4.79 Å². The Bertz CT molecular complexity index is 1040. The number of ether oxygens (including phenoxy) is 1. The highest BCUT2D eigenvalue weighted by molar-refractivity contribution is 7.14. The highest BCUT2D eigenvalue weighted by Crippen LogP contribution is 2.43. The molecule has 2 aliphatic rings. The first-order chi connectivity index (χ1) is 13.7. The van der Waals surface area contributed by atoms with Crippen LogP contribution in [0.25, 0.3) is 11.0 Å². The van der Waals surface area contributed by atoms with Gasteiger partial charge < -0.3 is 19.9 Å². The van der Waals surface area contributed by atoms with Crippen LogP contribution in [0.2, 0.25) is 0 Å². The predicted molar refractivity (Wildman–Crippen MR) is 124 cm³/mol. The molecule has 1 aromatic carbocycles. The van der Waals surface area contributed by atoms with E-state index in [1.807, 2.05) is 35.9 Å². The second kappa shape index (κ2) is 9.24. The summed E-state index contributed by atoms with van der Waals surface area (Å²) in [6.07, 6.45) is 2.84. The lowest BCUT2D eigenvalue weighted by Crippen LogP contribution is -2.44. The summed E-state index contributed by atoms with van der Waals surface area (Å²) in [6.45, 7) is 3.08. The van der Waals surface area contributed by atoms with E-state index in [-0.39, 0.29) is 36.3 Å². The number of nitrogens with zero attached hydrogens (tertiary/aromatic N) is 2. The Labute approximate surface area is 192 Å². The molecule has 1 amide bonds. The lowest BCUT2D eigenvalue weighted by atomic mass is 9.83. The molecule has 4 heterocycles. The zero-order chi connectivity index (χ0) is 19.1. The predicted octanol–water partition coefficient (Wildman–Crippen LogP) is 3.56. The SMILES string of the molecule is Cl.Cl.Cn1c(CNC(=O)c2cc3c(s2)CCOC32CCNCC2)nc2ccccc21. The maximum atomic E-state index is 12.8. The first kappa shape index (κ1) is 23.0. The zero-order valence-electron chi connectivity index (χ0n) is 16.8. The highest BCUT2D eigenvalue weighted by atomic mass is 35.5. The van der Waals surface area contributed by atoms with Crippen molar-refractivity contribution in [1.29, 1.82) is 0 Å². The lowest BCUT2D eigenvalue weighted by molar-refractivity contribution is -0.0792. The number of para-hydroxylation sites is 2. The van der Waals surface area contributed by atoms with Crippen LogP contribution in [0, 0.1) is 0 Å². The number of imidazole rings is 1. The van der Waals surface area contributed by atoms with Gasteiger partial charge in [-0.25, -0.2) is 4.98 Å². The molecule has 0 radical (unpaired) electrons. The van der Waals surface area contributed by atoms with Gasteiger partial charge in [-0.05, 0) is 49.7 Å². The van der Waals surface area contributed by atoms with Crippen molar-refractivity contribution in [3.05, 3.63) is 51.5 Å². The van der Waals surface area contributed by atoms with Crippen LogP contribution in [0.15, 0.2) is 30.3 Å². The van der Waals surface area contributed by atoms with Crippen molar-refractivity contribution in [3.8, 4) is 0 Å². The van der Waals surface area contributed by atoms with Crippen LogP contribution >= 0.6 is 36.2 Å². The minimum Gasteiger partial charge on any atom is -0.370 e. The molecule has 2 aromatic heterocycles. The largest absolute Gasteiger partial charge is 0.370 e. The number of carbonyl (C=O) groups is 1. The van der Waals surface area contributed by atoms with Crippen molar-refractivity contribution in [3.63, 3.8) is 0 Å². The number of fused-ring (bicyclic) bond motifs is 3. The Morgan fingerprint density at radius 3 is 2.83 bits per heavy atom. The number of thiophene rings is 1. The summed E-state index contributed by atoms with van der Waals surface area (Å²) in [6, 6.07) is 10.1. The number of halogens is 2. The summed E-state index contributed by atoms with van der Waals surface area (Å²) in [4.78, 5) is 19.6. The number of nitrogens with one attached hydrogen (secondary N) is 2. The first-order valence-corrected chi connectivity index (χ1v) is 10.6. The van der Waals surface area contributed by atoms with Gasteiger partial charge in [-0.2, -0.15) is 0 Å². The Hall–Kier alpha value is -1.64. The fourth-order valence-electron chi connectivity index (χ4n) is 4.37. The minimum atomic E-state index is -0.203. The molecular weight excluding hydrogens is 443 g/mol. The molecule has 9 heteroatoms. The fourth-order valence-corrected chi connectivity index (χ4v) is 5.52. The monoisotopic (exact) mass is 468 g/mol. The number of piperidine rings is 1. The second-order valence-electron chi connectivity index (χ2n) is 7.55. The van der Waals surface area contributed by atoms with E-state index in [0.29, 0.717) is 6.54 Å². The van der Waals surface area contributed by atoms with Crippen LogP contribution in [0.5, 0.6) is 0 Å². The molecule has 1 saturated heterocycles. The van der Waals surface area contributed by atoms with Crippen LogP contribution in [0.4, 0.5) is 0 Å². The standard InChI is InChI=1S/C21H24N4O2S.2ClH/c1-25-16-5-3-2-4-15(16)24-19(25)13-23-20(26)18-12-14-17(28-18)6-11-27-21(14)7-9-22-10-8-21;;/h2-5,12,22H,6-11,13H2,1H3,(H,23,26);2*1H. The third-order valence-electron chi connectivity index (χ3n) is 5.93. The van der Waals surface area contributed by atoms with Gasteiger partial charge in [0.2, 0.25) is 0 Å². The molecule has 0 atom stereocenters. The van der Waals surface area contributed by atoms with E-state index in [4.69, 9.17) is 4.74 Å². The molecule has 0 bridgehead atoms. The van der Waals surface area contributed by atoms with Crippen LogP contribution < -0.4 is 10.6 Å². The van der Waals surface area contributed by atoms with Crippen molar-refractivity contribution in [2.24, 2.45) is 7.05 Å². The molecule has 3 aromatic rings. The van der Waals surface area contributed by atoms with Crippen LogP contribution in [-0.4, -0.2) is 35.2 Å². The molecule has 5 rings (SSSR count). The first-order valence-electron chi connectivity index (χ1n) is 9.83. The van der Waals surface area contributed by atoms with E-state index in [1.165, 1.54) is 10.4 Å². The molecule has 6 nitrogen and oxygen atoms in total. The number of carbonyl (C=O) groups excluding carboxylic acids is 1. The Kier molecular flexibility index (Phi) is 7.09. The highest BCUT2D eigenvalue weighted by Gasteiger charge is 2.40. The molecule has 162 valence electrons. The number of rotatable bonds is 3. The van der Waals surface area contributed by atoms with E-state index < -0.39 is 0 Å². The zero-order valence-corrected chi connectivity index (χ0v) is 19.2. The summed E-state index contributed by atoms with van der Waals surface area (Å²) in [5.74, 6) is 0.824. The van der Waals surface area contributed by atoms with Gasteiger partial charge >= 0.3 is 0 Å². The molecule has 2 N–H and O–H groups in total. The molecule has 30 heavy (non-hydrogen) atoms. The van der Waals surface area contributed by atoms with E-state index in [2.05, 4.69) is 21.7 Å². The number of aromatic nitrogens is 2. The van der Waals surface area contributed by atoms with Gasteiger partial charge in [-0.1, -0.05) is 12.1 Å².